The molecule has 9 heteroatoms. The molecule has 0 saturated carbocycles. The number of carbonyl (C=O) groups excluding carboxylic acids is 1. The van der Waals surface area contributed by atoms with Crippen molar-refractivity contribution in [3.63, 3.8) is 0 Å². The number of rotatable bonds is 7. The van der Waals surface area contributed by atoms with Crippen LogP contribution in [0.5, 0.6) is 0 Å². The first-order chi connectivity index (χ1) is 15.6. The Bertz CT molecular complexity index is 1080. The van der Waals surface area contributed by atoms with Gasteiger partial charge in [0, 0.05) is 32.2 Å². The summed E-state index contributed by atoms with van der Waals surface area (Å²) in [6.07, 6.45) is 1.57. The third-order valence-corrected chi connectivity index (χ3v) is 5.64. The van der Waals surface area contributed by atoms with E-state index in [-0.39, 0.29) is 29.9 Å². The number of nitrogens with one attached hydrogen (secondary N) is 2. The molecule has 1 fully saturated rings. The molecule has 0 unspecified atom stereocenters. The number of carbonyl (C=O) groups is 1. The smallest absolute Gasteiger partial charge is 0.227 e. The molecule has 8 nitrogen and oxygen atoms in total. The van der Waals surface area contributed by atoms with Crippen molar-refractivity contribution in [1.82, 2.24) is 25.4 Å². The Kier molecular flexibility index (Phi) is 8.81. The highest BCUT2D eigenvalue weighted by atomic mass is 127. The molecule has 1 aliphatic heterocycles. The van der Waals surface area contributed by atoms with Gasteiger partial charge in [-0.15, -0.1) is 34.2 Å². The second-order valence-corrected chi connectivity index (χ2v) is 7.90. The molecule has 33 heavy (non-hydrogen) atoms. The summed E-state index contributed by atoms with van der Waals surface area (Å²) in [4.78, 5) is 18.5. The van der Waals surface area contributed by atoms with Gasteiger partial charge in [-0.05, 0) is 36.6 Å². The van der Waals surface area contributed by atoms with E-state index in [1.54, 1.807) is 0 Å². The Morgan fingerprint density at radius 1 is 1.00 bits per heavy atom. The molecule has 3 aromatic rings. The summed E-state index contributed by atoms with van der Waals surface area (Å²) < 4.78 is 1.96. The SMILES string of the molecule is Cc1nnc(CNC(=NCc2ccccc2)NCc2ccc(N3CCCC3=O)cc2)n1C.I. The second-order valence-electron chi connectivity index (χ2n) is 7.90. The van der Waals surface area contributed by atoms with Gasteiger partial charge in [0.2, 0.25) is 5.91 Å². The number of aliphatic imine (C=N–C) groups is 1. The van der Waals surface area contributed by atoms with Crippen molar-refractivity contribution in [1.29, 1.82) is 0 Å². The largest absolute Gasteiger partial charge is 0.352 e. The number of hydrogen-bond donors (Lipinski definition) is 2. The lowest BCUT2D eigenvalue weighted by Gasteiger charge is -2.16. The van der Waals surface area contributed by atoms with Crippen molar-refractivity contribution in [2.45, 2.75) is 39.4 Å². The maximum Gasteiger partial charge on any atom is 0.227 e. The van der Waals surface area contributed by atoms with Crippen LogP contribution in [-0.2, 0) is 31.5 Å². The van der Waals surface area contributed by atoms with Gasteiger partial charge in [0.25, 0.3) is 0 Å². The zero-order chi connectivity index (χ0) is 22.3. The predicted octanol–water partition coefficient (Wildman–Crippen LogP) is 3.30. The van der Waals surface area contributed by atoms with Gasteiger partial charge in [-0.2, -0.15) is 0 Å². The van der Waals surface area contributed by atoms with E-state index in [1.165, 1.54) is 0 Å². The molecular formula is C24H30IN7O. The molecule has 0 atom stereocenters. The van der Waals surface area contributed by atoms with Gasteiger partial charge in [0.1, 0.15) is 5.82 Å². The molecule has 2 N–H and O–H groups in total. The molecule has 0 spiro atoms. The lowest BCUT2D eigenvalue weighted by Crippen LogP contribution is -2.37. The van der Waals surface area contributed by atoms with Crippen LogP contribution < -0.4 is 15.5 Å². The Labute approximate surface area is 211 Å². The average Bonchev–Trinajstić information content (AvgIpc) is 3.39. The van der Waals surface area contributed by atoms with Crippen LogP contribution in [0.25, 0.3) is 0 Å². The van der Waals surface area contributed by atoms with Gasteiger partial charge in [0.15, 0.2) is 11.8 Å². The maximum absolute atomic E-state index is 12.0. The molecule has 0 radical (unpaired) electrons. The Balaban J connectivity index is 0.00000306. The van der Waals surface area contributed by atoms with E-state index in [9.17, 15) is 4.79 Å². The minimum Gasteiger partial charge on any atom is -0.352 e. The summed E-state index contributed by atoms with van der Waals surface area (Å²) in [5.74, 6) is 2.62. The summed E-state index contributed by atoms with van der Waals surface area (Å²) in [6, 6.07) is 18.3. The molecule has 4 rings (SSSR count). The molecule has 2 aromatic carbocycles. The van der Waals surface area contributed by atoms with Crippen LogP contribution in [-0.4, -0.2) is 33.2 Å². The van der Waals surface area contributed by atoms with Gasteiger partial charge in [0.05, 0.1) is 13.1 Å². The zero-order valence-electron chi connectivity index (χ0n) is 19.0. The van der Waals surface area contributed by atoms with Crippen LogP contribution >= 0.6 is 24.0 Å². The van der Waals surface area contributed by atoms with E-state index in [0.717, 1.165) is 41.4 Å². The van der Waals surface area contributed by atoms with E-state index >= 15 is 0 Å². The average molecular weight is 559 g/mol. The minimum absolute atomic E-state index is 0. The predicted molar refractivity (Wildman–Crippen MR) is 140 cm³/mol. The van der Waals surface area contributed by atoms with Crippen LogP contribution in [0.1, 0.15) is 35.6 Å². The van der Waals surface area contributed by atoms with Crippen LogP contribution in [0, 0.1) is 6.92 Å². The van der Waals surface area contributed by atoms with Crippen LogP contribution in [0.15, 0.2) is 59.6 Å². The highest BCUT2D eigenvalue weighted by molar-refractivity contribution is 14.0. The molecule has 0 aliphatic carbocycles. The number of nitrogens with zero attached hydrogens (tertiary/aromatic N) is 5. The number of aromatic nitrogens is 3. The third-order valence-electron chi connectivity index (χ3n) is 5.64. The molecule has 1 amide bonds. The lowest BCUT2D eigenvalue weighted by molar-refractivity contribution is -0.117. The van der Waals surface area contributed by atoms with Gasteiger partial charge < -0.3 is 20.1 Å². The summed E-state index contributed by atoms with van der Waals surface area (Å²) in [7, 11) is 1.95. The van der Waals surface area contributed by atoms with E-state index < -0.39 is 0 Å². The van der Waals surface area contributed by atoms with Gasteiger partial charge in [-0.25, -0.2) is 4.99 Å². The number of amides is 1. The van der Waals surface area contributed by atoms with Crippen LogP contribution in [0.4, 0.5) is 5.69 Å². The molecule has 1 aromatic heterocycles. The summed E-state index contributed by atoms with van der Waals surface area (Å²) in [5, 5.41) is 15.1. The molecule has 2 heterocycles. The number of anilines is 1. The second kappa shape index (κ2) is 11.8. The zero-order valence-corrected chi connectivity index (χ0v) is 21.3. The highest BCUT2D eigenvalue weighted by Crippen LogP contribution is 2.21. The number of hydrogen-bond acceptors (Lipinski definition) is 4. The van der Waals surface area contributed by atoms with Crippen molar-refractivity contribution in [3.8, 4) is 0 Å². The van der Waals surface area contributed by atoms with E-state index in [0.29, 0.717) is 32.0 Å². The summed E-state index contributed by atoms with van der Waals surface area (Å²) in [6.45, 7) is 4.45. The summed E-state index contributed by atoms with van der Waals surface area (Å²) in [5.41, 5.74) is 3.22. The third kappa shape index (κ3) is 6.53. The van der Waals surface area contributed by atoms with E-state index in [4.69, 9.17) is 4.99 Å². The van der Waals surface area contributed by atoms with Crippen LogP contribution in [0.3, 0.4) is 0 Å². The highest BCUT2D eigenvalue weighted by Gasteiger charge is 2.21. The number of aryl methyl sites for hydroxylation is 1. The van der Waals surface area contributed by atoms with Crippen molar-refractivity contribution in [2.75, 3.05) is 11.4 Å². The lowest BCUT2D eigenvalue weighted by atomic mass is 10.2. The fourth-order valence-electron chi connectivity index (χ4n) is 3.60. The fraction of sp³-hybridized carbons (Fsp3) is 0.333. The molecule has 174 valence electrons. The molecule has 1 saturated heterocycles. The van der Waals surface area contributed by atoms with E-state index in [1.807, 2.05) is 53.8 Å². The van der Waals surface area contributed by atoms with Crippen molar-refractivity contribution in [3.05, 3.63) is 77.4 Å². The number of benzene rings is 2. The van der Waals surface area contributed by atoms with Gasteiger partial charge in [-0.3, -0.25) is 4.79 Å². The van der Waals surface area contributed by atoms with Gasteiger partial charge >= 0.3 is 0 Å². The molecule has 1 aliphatic rings. The Morgan fingerprint density at radius 2 is 1.73 bits per heavy atom. The quantitative estimate of drug-likeness (QED) is 0.264. The van der Waals surface area contributed by atoms with Crippen LogP contribution in [0.2, 0.25) is 0 Å². The standard InChI is InChI=1S/C24H29N7O.HI/c1-18-28-29-22(30(18)2)17-27-24(25-15-19-7-4-3-5-8-19)26-16-20-10-12-21(13-11-20)31-14-6-9-23(31)32;/h3-5,7-8,10-13H,6,9,14-17H2,1-2H3,(H2,25,26,27);1H. The first-order valence-corrected chi connectivity index (χ1v) is 10.9. The summed E-state index contributed by atoms with van der Waals surface area (Å²) >= 11 is 0. The van der Waals surface area contributed by atoms with Gasteiger partial charge in [-0.1, -0.05) is 42.5 Å². The number of halogens is 1. The number of guanidine groups is 1. The van der Waals surface area contributed by atoms with E-state index in [2.05, 4.69) is 45.1 Å². The molecular weight excluding hydrogens is 529 g/mol. The minimum atomic E-state index is 0. The monoisotopic (exact) mass is 559 g/mol. The maximum atomic E-state index is 12.0. The molecule has 0 bridgehead atoms. The van der Waals surface area contributed by atoms with Crippen molar-refractivity contribution in [2.24, 2.45) is 12.0 Å². The fourth-order valence-corrected chi connectivity index (χ4v) is 3.60. The van der Waals surface area contributed by atoms with Crippen molar-refractivity contribution < 1.29 is 4.79 Å². The normalized spacial score (nSPS) is 13.7. The Morgan fingerprint density at radius 3 is 2.36 bits per heavy atom. The first kappa shape index (κ1) is 24.7. The first-order valence-electron chi connectivity index (χ1n) is 10.9. The Hall–Kier alpha value is -2.95. The topological polar surface area (TPSA) is 87.4 Å². The van der Waals surface area contributed by atoms with Crippen molar-refractivity contribution >= 4 is 41.5 Å².